The topological polar surface area (TPSA) is 68.5 Å². The molecule has 3 rings (SSSR count). The molecule has 0 bridgehead atoms. The smallest absolute Gasteiger partial charge is 0.418 e. The number of benzene rings is 1. The van der Waals surface area contributed by atoms with Gasteiger partial charge >= 0.3 is 6.09 Å². The average Bonchev–Trinajstić information content (AvgIpc) is 3.12. The predicted molar refractivity (Wildman–Crippen MR) is 102 cm³/mol. The van der Waals surface area contributed by atoms with Gasteiger partial charge in [-0.05, 0) is 39.8 Å². The van der Waals surface area contributed by atoms with Crippen molar-refractivity contribution in [1.82, 2.24) is 9.55 Å². The molecule has 0 atom stereocenters. The van der Waals surface area contributed by atoms with Gasteiger partial charge in [0.2, 0.25) is 5.13 Å². The zero-order valence-electron chi connectivity index (χ0n) is 14.6. The number of anilines is 1. The summed E-state index contributed by atoms with van der Waals surface area (Å²) in [6.45, 7) is 7.48. The molecule has 3 aromatic rings. The number of fused-ring (bicyclic) bond motifs is 1. The number of ether oxygens (including phenoxy) is 1. The van der Waals surface area contributed by atoms with Crippen LogP contribution in [0.5, 0.6) is 0 Å². The molecule has 0 aliphatic rings. The lowest BCUT2D eigenvalue weighted by Crippen LogP contribution is -2.26. The summed E-state index contributed by atoms with van der Waals surface area (Å²) in [5, 5.41) is 7.86. The highest BCUT2D eigenvalue weighted by Crippen LogP contribution is 2.21. The number of hydrogen-bond donors (Lipinski definition) is 1. The van der Waals surface area contributed by atoms with Crippen LogP contribution in [-0.2, 0) is 4.74 Å². The van der Waals surface area contributed by atoms with E-state index in [1.807, 2.05) is 57.3 Å². The fourth-order valence-corrected chi connectivity index (χ4v) is 2.97. The van der Waals surface area contributed by atoms with Gasteiger partial charge in [-0.15, -0.1) is 11.3 Å². The van der Waals surface area contributed by atoms with E-state index >= 15 is 0 Å². The fraction of sp³-hybridized carbons (Fsp3) is 0.278. The number of aromatic nitrogens is 2. The molecule has 2 heterocycles. The van der Waals surface area contributed by atoms with Gasteiger partial charge in [0.1, 0.15) is 5.60 Å². The Kier molecular flexibility index (Phi) is 4.59. The van der Waals surface area contributed by atoms with E-state index in [4.69, 9.17) is 4.74 Å². The highest BCUT2D eigenvalue weighted by Gasteiger charge is 2.19. The normalized spacial score (nSPS) is 12.0. The van der Waals surface area contributed by atoms with Crippen LogP contribution < -0.4 is 5.43 Å². The lowest BCUT2D eigenvalue weighted by atomic mass is 10.1. The van der Waals surface area contributed by atoms with E-state index in [9.17, 15) is 4.79 Å². The molecule has 1 aromatic carbocycles. The molecule has 0 aliphatic carbocycles. The van der Waals surface area contributed by atoms with Crippen LogP contribution >= 0.6 is 11.3 Å². The molecule has 1 N–H and O–H groups in total. The van der Waals surface area contributed by atoms with Crippen LogP contribution in [0.4, 0.5) is 9.93 Å². The molecule has 0 aliphatic heterocycles. The van der Waals surface area contributed by atoms with Crippen molar-refractivity contribution in [3.63, 3.8) is 0 Å². The fourth-order valence-electron chi connectivity index (χ4n) is 2.34. The minimum atomic E-state index is -0.539. The highest BCUT2D eigenvalue weighted by molar-refractivity contribution is 7.13. The van der Waals surface area contributed by atoms with E-state index in [0.717, 1.165) is 27.3 Å². The summed E-state index contributed by atoms with van der Waals surface area (Å²) in [6.07, 6.45) is 3.04. The monoisotopic (exact) mass is 356 g/mol. The molecular formula is C18H20N4O2S. The second-order valence-corrected chi connectivity index (χ2v) is 7.47. The number of carbonyl (C=O) groups excluding carboxylic acids is 1. The van der Waals surface area contributed by atoms with Gasteiger partial charge in [-0.1, -0.05) is 12.1 Å². The third kappa shape index (κ3) is 4.06. The summed E-state index contributed by atoms with van der Waals surface area (Å²) < 4.78 is 6.95. The minimum absolute atomic E-state index is 0.395. The van der Waals surface area contributed by atoms with Gasteiger partial charge < -0.3 is 4.74 Å². The number of thiazole rings is 1. The van der Waals surface area contributed by atoms with Crippen molar-refractivity contribution in [2.45, 2.75) is 33.3 Å². The van der Waals surface area contributed by atoms with Gasteiger partial charge in [0, 0.05) is 22.5 Å². The van der Waals surface area contributed by atoms with Crippen LogP contribution in [0.15, 0.2) is 40.9 Å². The summed E-state index contributed by atoms with van der Waals surface area (Å²) in [4.78, 5) is 16.6. The summed E-state index contributed by atoms with van der Waals surface area (Å²) in [7, 11) is 0. The van der Waals surface area contributed by atoms with E-state index in [0.29, 0.717) is 0 Å². The Morgan fingerprint density at radius 1 is 1.36 bits per heavy atom. The Morgan fingerprint density at radius 3 is 2.84 bits per heavy atom. The summed E-state index contributed by atoms with van der Waals surface area (Å²) in [5.74, 6) is 0. The summed E-state index contributed by atoms with van der Waals surface area (Å²) in [6, 6.07) is 7.60. The first-order chi connectivity index (χ1) is 11.8. The maximum atomic E-state index is 12.3. The molecule has 2 aromatic heterocycles. The van der Waals surface area contributed by atoms with Crippen molar-refractivity contribution < 1.29 is 9.53 Å². The average molecular weight is 356 g/mol. The van der Waals surface area contributed by atoms with E-state index in [1.165, 1.54) is 15.9 Å². The van der Waals surface area contributed by atoms with E-state index < -0.39 is 11.7 Å². The number of rotatable bonds is 3. The van der Waals surface area contributed by atoms with Crippen molar-refractivity contribution in [2.75, 3.05) is 5.43 Å². The molecule has 7 heteroatoms. The maximum absolute atomic E-state index is 12.3. The highest BCUT2D eigenvalue weighted by atomic mass is 32.1. The number of carbonyl (C=O) groups is 1. The summed E-state index contributed by atoms with van der Waals surface area (Å²) in [5.41, 5.74) is 5.02. The van der Waals surface area contributed by atoms with E-state index in [2.05, 4.69) is 15.5 Å². The van der Waals surface area contributed by atoms with Crippen molar-refractivity contribution >= 4 is 39.7 Å². The Hall–Kier alpha value is -2.67. The lowest BCUT2D eigenvalue weighted by molar-refractivity contribution is 0.0544. The maximum Gasteiger partial charge on any atom is 0.418 e. The third-order valence-corrected chi connectivity index (χ3v) is 4.20. The van der Waals surface area contributed by atoms with Crippen LogP contribution in [-0.4, -0.2) is 27.5 Å². The second kappa shape index (κ2) is 6.68. The van der Waals surface area contributed by atoms with Crippen molar-refractivity contribution in [3.8, 4) is 0 Å². The van der Waals surface area contributed by atoms with Crippen LogP contribution in [0.3, 0.4) is 0 Å². The quantitative estimate of drug-likeness (QED) is 0.548. The van der Waals surface area contributed by atoms with E-state index in [1.54, 1.807) is 12.4 Å². The SMILES string of the molecule is Cc1csc(NN=Cc2cccc3c2ccn3C(=O)OC(C)(C)C)n1. The number of hydrazone groups is 1. The Morgan fingerprint density at radius 2 is 2.16 bits per heavy atom. The molecule has 0 fully saturated rings. The molecule has 25 heavy (non-hydrogen) atoms. The molecule has 0 saturated heterocycles. The number of hydrogen-bond acceptors (Lipinski definition) is 6. The molecule has 6 nitrogen and oxygen atoms in total. The molecule has 0 radical (unpaired) electrons. The van der Waals surface area contributed by atoms with Crippen LogP contribution in [0.2, 0.25) is 0 Å². The largest absolute Gasteiger partial charge is 0.443 e. The van der Waals surface area contributed by atoms with E-state index in [-0.39, 0.29) is 0 Å². The van der Waals surface area contributed by atoms with Gasteiger partial charge in [-0.3, -0.25) is 9.99 Å². The zero-order valence-corrected chi connectivity index (χ0v) is 15.4. The zero-order chi connectivity index (χ0) is 18.0. The molecule has 130 valence electrons. The van der Waals surface area contributed by atoms with Crippen molar-refractivity contribution in [1.29, 1.82) is 0 Å². The Labute approximate surface area is 150 Å². The number of nitrogens with one attached hydrogen (secondary N) is 1. The molecule has 0 unspecified atom stereocenters. The van der Waals surface area contributed by atoms with Gasteiger partial charge in [-0.2, -0.15) is 5.10 Å². The van der Waals surface area contributed by atoms with Crippen molar-refractivity contribution in [2.24, 2.45) is 5.10 Å². The lowest BCUT2D eigenvalue weighted by Gasteiger charge is -2.19. The predicted octanol–water partition coefficient (Wildman–Crippen LogP) is 4.64. The molecule has 0 spiro atoms. The third-order valence-electron chi connectivity index (χ3n) is 3.34. The van der Waals surface area contributed by atoms with Crippen LogP contribution in [0.25, 0.3) is 10.9 Å². The molecular weight excluding hydrogens is 336 g/mol. The van der Waals surface area contributed by atoms with Crippen molar-refractivity contribution in [3.05, 3.63) is 47.1 Å². The first kappa shape index (κ1) is 17.2. The standard InChI is InChI=1S/C18H20N4O2S/c1-12-11-25-16(20-12)21-19-10-13-6-5-7-15-14(13)8-9-22(15)17(23)24-18(2,3)4/h5-11H,1-4H3,(H,20,21). The van der Waals surface area contributed by atoms with Crippen LogP contribution in [0.1, 0.15) is 32.0 Å². The summed E-state index contributed by atoms with van der Waals surface area (Å²) >= 11 is 1.50. The number of nitrogens with zero attached hydrogens (tertiary/aromatic N) is 3. The van der Waals surface area contributed by atoms with Gasteiger partial charge in [0.25, 0.3) is 0 Å². The first-order valence-electron chi connectivity index (χ1n) is 7.88. The number of aryl methyl sites for hydroxylation is 1. The Bertz CT molecular complexity index is 934. The van der Waals surface area contributed by atoms with Gasteiger partial charge in [0.05, 0.1) is 17.4 Å². The molecule has 0 saturated carbocycles. The van der Waals surface area contributed by atoms with Gasteiger partial charge in [0.15, 0.2) is 0 Å². The second-order valence-electron chi connectivity index (χ2n) is 6.61. The molecule has 0 amide bonds. The first-order valence-corrected chi connectivity index (χ1v) is 8.76. The van der Waals surface area contributed by atoms with Gasteiger partial charge in [-0.25, -0.2) is 9.78 Å². The van der Waals surface area contributed by atoms with Crippen LogP contribution in [0, 0.1) is 6.92 Å². The minimum Gasteiger partial charge on any atom is -0.443 e. The Balaban J connectivity index is 1.84.